The lowest BCUT2D eigenvalue weighted by Gasteiger charge is -2.27. The lowest BCUT2D eigenvalue weighted by molar-refractivity contribution is -0.120. The van der Waals surface area contributed by atoms with E-state index in [1.807, 2.05) is 18.2 Å². The molecule has 1 aromatic carbocycles. The van der Waals surface area contributed by atoms with Crippen molar-refractivity contribution >= 4 is 17.6 Å². The number of urea groups is 1. The number of amides is 3. The minimum Gasteiger partial charge on any atom is -0.497 e. The largest absolute Gasteiger partial charge is 0.497 e. The van der Waals surface area contributed by atoms with Gasteiger partial charge in [-0.05, 0) is 43.0 Å². The van der Waals surface area contributed by atoms with Crippen LogP contribution < -0.4 is 15.4 Å². The van der Waals surface area contributed by atoms with Crippen molar-refractivity contribution in [2.75, 3.05) is 25.5 Å². The van der Waals surface area contributed by atoms with Crippen LogP contribution >= 0.6 is 0 Å². The molecule has 1 saturated carbocycles. The van der Waals surface area contributed by atoms with Gasteiger partial charge in [0.05, 0.1) is 12.5 Å². The van der Waals surface area contributed by atoms with Crippen molar-refractivity contribution in [3.05, 3.63) is 23.8 Å². The zero-order valence-corrected chi connectivity index (χ0v) is 14.6. The maximum atomic E-state index is 12.7. The van der Waals surface area contributed by atoms with Crippen LogP contribution in [0.2, 0.25) is 0 Å². The molecule has 1 saturated heterocycles. The van der Waals surface area contributed by atoms with Crippen LogP contribution in [0.1, 0.15) is 44.1 Å². The predicted molar refractivity (Wildman–Crippen MR) is 94.9 cm³/mol. The minimum atomic E-state index is -0.645. The first-order valence-corrected chi connectivity index (χ1v) is 9.18. The molecule has 0 bridgehead atoms. The fourth-order valence-corrected chi connectivity index (χ4v) is 4.42. The van der Waals surface area contributed by atoms with Gasteiger partial charge in [-0.2, -0.15) is 0 Å². The number of anilines is 1. The summed E-state index contributed by atoms with van der Waals surface area (Å²) >= 11 is 0. The van der Waals surface area contributed by atoms with Crippen molar-refractivity contribution in [3.63, 3.8) is 0 Å². The van der Waals surface area contributed by atoms with Gasteiger partial charge in [-0.3, -0.25) is 4.79 Å². The Morgan fingerprint density at radius 3 is 2.88 bits per heavy atom. The number of nitrogens with zero attached hydrogens (tertiary/aromatic N) is 1. The fourth-order valence-electron chi connectivity index (χ4n) is 4.42. The molecule has 3 aliphatic rings. The highest BCUT2D eigenvalue weighted by atomic mass is 16.5. The van der Waals surface area contributed by atoms with E-state index in [-0.39, 0.29) is 18.0 Å². The number of rotatable bonds is 2. The molecule has 3 amide bonds. The number of likely N-dealkylation sites (tertiary alicyclic amines) is 1. The Hall–Kier alpha value is -2.24. The standard InChI is InChI=1S/C19H25N3O3/c1-25-14-7-8-16-15(11-14)19(17(23)21-16)9-10-22(12-19)18(24)20-13-5-3-2-4-6-13/h7-8,11,13H,2-6,9-10,12H2,1H3,(H,20,24)(H,21,23)/t19-/m0/s1. The fraction of sp³-hybridized carbons (Fsp3) is 0.579. The van der Waals surface area contributed by atoms with E-state index in [0.29, 0.717) is 19.5 Å². The number of hydrogen-bond donors (Lipinski definition) is 2. The molecule has 2 heterocycles. The van der Waals surface area contributed by atoms with E-state index in [1.54, 1.807) is 12.0 Å². The topological polar surface area (TPSA) is 70.7 Å². The number of carbonyl (C=O) groups excluding carboxylic acids is 2. The summed E-state index contributed by atoms with van der Waals surface area (Å²) in [6.07, 6.45) is 6.40. The van der Waals surface area contributed by atoms with Gasteiger partial charge >= 0.3 is 6.03 Å². The Morgan fingerprint density at radius 2 is 2.12 bits per heavy atom. The van der Waals surface area contributed by atoms with Gasteiger partial charge in [-0.15, -0.1) is 0 Å². The molecule has 1 spiro atoms. The van der Waals surface area contributed by atoms with Crippen LogP contribution in [0.15, 0.2) is 18.2 Å². The van der Waals surface area contributed by atoms with Gasteiger partial charge in [0.2, 0.25) is 5.91 Å². The summed E-state index contributed by atoms with van der Waals surface area (Å²) in [5, 5.41) is 6.13. The van der Waals surface area contributed by atoms with Crippen molar-refractivity contribution in [1.82, 2.24) is 10.2 Å². The first-order chi connectivity index (χ1) is 12.1. The van der Waals surface area contributed by atoms with Gasteiger partial charge in [0.1, 0.15) is 5.75 Å². The highest BCUT2D eigenvalue weighted by Gasteiger charge is 2.52. The second-order valence-electron chi connectivity index (χ2n) is 7.40. The van der Waals surface area contributed by atoms with Gasteiger partial charge in [-0.1, -0.05) is 19.3 Å². The molecule has 2 aliphatic heterocycles. The zero-order chi connectivity index (χ0) is 17.4. The number of carbonyl (C=O) groups is 2. The summed E-state index contributed by atoms with van der Waals surface area (Å²) in [5.41, 5.74) is 1.14. The monoisotopic (exact) mass is 343 g/mol. The quantitative estimate of drug-likeness (QED) is 0.867. The summed E-state index contributed by atoms with van der Waals surface area (Å²) in [7, 11) is 1.62. The van der Waals surface area contributed by atoms with E-state index < -0.39 is 5.41 Å². The third-order valence-electron chi connectivity index (χ3n) is 5.91. The lowest BCUT2D eigenvalue weighted by Crippen LogP contribution is -2.46. The average molecular weight is 343 g/mol. The molecule has 0 unspecified atom stereocenters. The SMILES string of the molecule is COc1ccc2c(c1)[C@@]1(CCN(C(=O)NC3CCCCC3)C1)C(=O)N2. The van der Waals surface area contributed by atoms with Gasteiger partial charge in [-0.25, -0.2) is 4.79 Å². The molecule has 2 fully saturated rings. The van der Waals surface area contributed by atoms with E-state index in [1.165, 1.54) is 19.3 Å². The highest BCUT2D eigenvalue weighted by Crippen LogP contribution is 2.45. The molecule has 0 aromatic heterocycles. The van der Waals surface area contributed by atoms with Crippen LogP contribution in [-0.4, -0.2) is 43.1 Å². The molecule has 1 atom stereocenters. The molecule has 1 aromatic rings. The van der Waals surface area contributed by atoms with Gasteiger partial charge in [0.15, 0.2) is 0 Å². The molecule has 134 valence electrons. The van der Waals surface area contributed by atoms with Crippen LogP contribution in [0.25, 0.3) is 0 Å². The van der Waals surface area contributed by atoms with E-state index in [4.69, 9.17) is 4.74 Å². The maximum Gasteiger partial charge on any atom is 0.317 e. The number of hydrogen-bond acceptors (Lipinski definition) is 3. The number of benzene rings is 1. The highest BCUT2D eigenvalue weighted by molar-refractivity contribution is 6.07. The average Bonchev–Trinajstić information content (AvgIpc) is 3.19. The molecule has 6 nitrogen and oxygen atoms in total. The first kappa shape index (κ1) is 16.2. The third-order valence-corrected chi connectivity index (χ3v) is 5.91. The maximum absolute atomic E-state index is 12.7. The van der Waals surface area contributed by atoms with Crippen LogP contribution in [-0.2, 0) is 10.2 Å². The van der Waals surface area contributed by atoms with Crippen molar-refractivity contribution in [2.45, 2.75) is 50.0 Å². The number of fused-ring (bicyclic) bond motifs is 2. The Labute approximate surface area is 147 Å². The van der Waals surface area contributed by atoms with E-state index in [2.05, 4.69) is 10.6 Å². The van der Waals surface area contributed by atoms with Crippen molar-refractivity contribution in [1.29, 1.82) is 0 Å². The Morgan fingerprint density at radius 1 is 1.32 bits per heavy atom. The van der Waals surface area contributed by atoms with Crippen LogP contribution in [0.3, 0.4) is 0 Å². The summed E-state index contributed by atoms with van der Waals surface area (Å²) in [4.78, 5) is 27.2. The van der Waals surface area contributed by atoms with Crippen molar-refractivity contribution in [3.8, 4) is 5.75 Å². The molecular weight excluding hydrogens is 318 g/mol. The Kier molecular flexibility index (Phi) is 4.06. The molecular formula is C19H25N3O3. The summed E-state index contributed by atoms with van der Waals surface area (Å²) in [5.74, 6) is 0.725. The number of ether oxygens (including phenoxy) is 1. The summed E-state index contributed by atoms with van der Waals surface area (Å²) in [6, 6.07) is 5.90. The van der Waals surface area contributed by atoms with Crippen molar-refractivity contribution < 1.29 is 14.3 Å². The lowest BCUT2D eigenvalue weighted by atomic mass is 9.81. The van der Waals surface area contributed by atoms with E-state index in [0.717, 1.165) is 29.8 Å². The Bertz CT molecular complexity index is 699. The number of methoxy groups -OCH3 is 1. The number of nitrogens with one attached hydrogen (secondary N) is 2. The van der Waals surface area contributed by atoms with Crippen LogP contribution in [0.4, 0.5) is 10.5 Å². The molecule has 6 heteroatoms. The van der Waals surface area contributed by atoms with Gasteiger partial charge < -0.3 is 20.3 Å². The third kappa shape index (κ3) is 2.73. The van der Waals surface area contributed by atoms with E-state index in [9.17, 15) is 9.59 Å². The van der Waals surface area contributed by atoms with E-state index >= 15 is 0 Å². The molecule has 2 N–H and O–H groups in total. The smallest absolute Gasteiger partial charge is 0.317 e. The van der Waals surface area contributed by atoms with Crippen LogP contribution in [0, 0.1) is 0 Å². The summed E-state index contributed by atoms with van der Waals surface area (Å²) < 4.78 is 5.32. The second kappa shape index (κ2) is 6.24. The normalized spacial score (nSPS) is 25.8. The molecule has 4 rings (SSSR count). The second-order valence-corrected chi connectivity index (χ2v) is 7.40. The van der Waals surface area contributed by atoms with Gasteiger partial charge in [0.25, 0.3) is 0 Å². The zero-order valence-electron chi connectivity index (χ0n) is 14.6. The molecule has 1 aliphatic carbocycles. The van der Waals surface area contributed by atoms with Crippen LogP contribution in [0.5, 0.6) is 5.75 Å². The summed E-state index contributed by atoms with van der Waals surface area (Å²) in [6.45, 7) is 1.03. The Balaban J connectivity index is 1.51. The van der Waals surface area contributed by atoms with Crippen molar-refractivity contribution in [2.24, 2.45) is 0 Å². The minimum absolute atomic E-state index is 0.0104. The van der Waals surface area contributed by atoms with Gasteiger partial charge in [0, 0.05) is 24.8 Å². The molecule has 25 heavy (non-hydrogen) atoms. The molecule has 0 radical (unpaired) electrons. The predicted octanol–water partition coefficient (Wildman–Crippen LogP) is 2.63. The first-order valence-electron chi connectivity index (χ1n) is 9.18.